The Bertz CT molecular complexity index is 325. The lowest BCUT2D eigenvalue weighted by atomic mass is 10.1. The highest BCUT2D eigenvalue weighted by Gasteiger charge is 2.41. The van der Waals surface area contributed by atoms with Crippen molar-refractivity contribution in [2.45, 2.75) is 56.8 Å². The number of hydrogen-bond acceptors (Lipinski definition) is 5. The summed E-state index contributed by atoms with van der Waals surface area (Å²) in [4.78, 5) is 4.41. The zero-order chi connectivity index (χ0) is 13.0. The molecule has 0 bridgehead atoms. The maximum absolute atomic E-state index is 6.19. The van der Waals surface area contributed by atoms with E-state index in [1.165, 1.54) is 25.7 Å². The molecule has 5 heteroatoms. The van der Waals surface area contributed by atoms with Crippen molar-refractivity contribution in [3.63, 3.8) is 0 Å². The standard InChI is InChI=1S/C14H25N3O2/c1-2-4-7-14(6-3-1)18-11-12(19-14)10-17-13-15-8-5-9-16-13/h12H,1-11H2,(H2,15,16,17). The van der Waals surface area contributed by atoms with Gasteiger partial charge >= 0.3 is 0 Å². The molecule has 2 N–H and O–H groups in total. The van der Waals surface area contributed by atoms with E-state index >= 15 is 0 Å². The molecule has 2 aliphatic heterocycles. The van der Waals surface area contributed by atoms with Crippen LogP contribution in [-0.4, -0.2) is 44.1 Å². The summed E-state index contributed by atoms with van der Waals surface area (Å²) in [6.07, 6.45) is 8.49. The van der Waals surface area contributed by atoms with Gasteiger partial charge in [0.1, 0.15) is 6.10 Å². The SMILES string of the molecule is C1CCCC2(CC1)OCC(CNC1=NCCCN1)O2. The maximum Gasteiger partial charge on any atom is 0.191 e. The molecule has 3 aliphatic rings. The van der Waals surface area contributed by atoms with E-state index in [1.807, 2.05) is 0 Å². The highest BCUT2D eigenvalue weighted by atomic mass is 16.7. The van der Waals surface area contributed by atoms with E-state index in [2.05, 4.69) is 15.6 Å². The highest BCUT2D eigenvalue weighted by Crippen LogP contribution is 2.36. The van der Waals surface area contributed by atoms with E-state index in [-0.39, 0.29) is 11.9 Å². The molecule has 3 rings (SSSR count). The van der Waals surface area contributed by atoms with Crippen molar-refractivity contribution in [1.82, 2.24) is 10.6 Å². The van der Waals surface area contributed by atoms with Crippen molar-refractivity contribution < 1.29 is 9.47 Å². The Morgan fingerprint density at radius 2 is 2.05 bits per heavy atom. The number of nitrogens with one attached hydrogen (secondary N) is 2. The second-order valence-electron chi connectivity index (χ2n) is 5.77. The Kier molecular flexibility index (Phi) is 4.23. The van der Waals surface area contributed by atoms with Gasteiger partial charge in [-0.15, -0.1) is 0 Å². The van der Waals surface area contributed by atoms with Crippen molar-refractivity contribution >= 4 is 5.96 Å². The molecular formula is C14H25N3O2. The molecule has 0 radical (unpaired) electrons. The molecule has 1 spiro atoms. The average molecular weight is 267 g/mol. The molecular weight excluding hydrogens is 242 g/mol. The fraction of sp³-hybridized carbons (Fsp3) is 0.929. The number of guanidine groups is 1. The van der Waals surface area contributed by atoms with Crippen LogP contribution in [0.25, 0.3) is 0 Å². The average Bonchev–Trinajstić information content (AvgIpc) is 2.70. The quantitative estimate of drug-likeness (QED) is 0.794. The number of nitrogens with zero attached hydrogens (tertiary/aromatic N) is 1. The Balaban J connectivity index is 1.47. The van der Waals surface area contributed by atoms with Crippen LogP contribution in [0.4, 0.5) is 0 Å². The first kappa shape index (κ1) is 13.2. The van der Waals surface area contributed by atoms with E-state index in [0.717, 1.165) is 44.9 Å². The van der Waals surface area contributed by atoms with Crippen LogP contribution in [0, 0.1) is 0 Å². The van der Waals surface area contributed by atoms with Gasteiger partial charge in [-0.25, -0.2) is 0 Å². The molecule has 1 atom stereocenters. The van der Waals surface area contributed by atoms with Crippen LogP contribution in [0.2, 0.25) is 0 Å². The Morgan fingerprint density at radius 3 is 2.79 bits per heavy atom. The first-order valence-corrected chi connectivity index (χ1v) is 7.70. The first-order valence-electron chi connectivity index (χ1n) is 7.70. The molecule has 2 fully saturated rings. The third kappa shape index (κ3) is 3.39. The zero-order valence-electron chi connectivity index (χ0n) is 11.6. The van der Waals surface area contributed by atoms with Gasteiger partial charge in [0.15, 0.2) is 11.7 Å². The van der Waals surface area contributed by atoms with Crippen molar-refractivity contribution in [1.29, 1.82) is 0 Å². The second-order valence-corrected chi connectivity index (χ2v) is 5.77. The molecule has 5 nitrogen and oxygen atoms in total. The third-order valence-electron chi connectivity index (χ3n) is 4.17. The summed E-state index contributed by atoms with van der Waals surface area (Å²) in [5.74, 6) is 0.640. The van der Waals surface area contributed by atoms with E-state index < -0.39 is 0 Å². The molecule has 0 aromatic rings. The van der Waals surface area contributed by atoms with Gasteiger partial charge in [-0.3, -0.25) is 4.99 Å². The second kappa shape index (κ2) is 6.09. The molecule has 1 unspecified atom stereocenters. The van der Waals surface area contributed by atoms with Crippen LogP contribution in [0.3, 0.4) is 0 Å². The maximum atomic E-state index is 6.19. The smallest absolute Gasteiger partial charge is 0.191 e. The van der Waals surface area contributed by atoms with Crippen LogP contribution in [0.15, 0.2) is 4.99 Å². The summed E-state index contributed by atoms with van der Waals surface area (Å²) in [5, 5.41) is 6.60. The van der Waals surface area contributed by atoms with Crippen molar-refractivity contribution in [2.24, 2.45) is 4.99 Å². The molecule has 19 heavy (non-hydrogen) atoms. The van der Waals surface area contributed by atoms with Gasteiger partial charge < -0.3 is 20.1 Å². The molecule has 0 aromatic carbocycles. The number of ether oxygens (including phenoxy) is 2. The van der Waals surface area contributed by atoms with Crippen molar-refractivity contribution in [3.05, 3.63) is 0 Å². The van der Waals surface area contributed by atoms with E-state index in [1.54, 1.807) is 0 Å². The van der Waals surface area contributed by atoms with E-state index in [9.17, 15) is 0 Å². The van der Waals surface area contributed by atoms with Crippen LogP contribution >= 0.6 is 0 Å². The van der Waals surface area contributed by atoms with Gasteiger partial charge in [0.2, 0.25) is 0 Å². The van der Waals surface area contributed by atoms with Crippen LogP contribution in [0.1, 0.15) is 44.9 Å². The monoisotopic (exact) mass is 267 g/mol. The molecule has 0 aromatic heterocycles. The summed E-state index contributed by atoms with van der Waals surface area (Å²) in [7, 11) is 0. The summed E-state index contributed by atoms with van der Waals surface area (Å²) >= 11 is 0. The minimum absolute atomic E-state index is 0.157. The van der Waals surface area contributed by atoms with E-state index in [4.69, 9.17) is 9.47 Å². The Hall–Kier alpha value is -0.810. The number of rotatable bonds is 2. The van der Waals surface area contributed by atoms with Crippen molar-refractivity contribution in [3.8, 4) is 0 Å². The van der Waals surface area contributed by atoms with Gasteiger partial charge in [-0.05, 0) is 19.3 Å². The predicted octanol–water partition coefficient (Wildman–Crippen LogP) is 1.39. The molecule has 0 amide bonds. The van der Waals surface area contributed by atoms with Gasteiger partial charge in [0, 0.05) is 32.5 Å². The first-order chi connectivity index (χ1) is 9.36. The van der Waals surface area contributed by atoms with Gasteiger partial charge in [0.25, 0.3) is 0 Å². The minimum Gasteiger partial charge on any atom is -0.356 e. The van der Waals surface area contributed by atoms with Gasteiger partial charge in [-0.1, -0.05) is 12.8 Å². The molecule has 1 saturated heterocycles. The highest BCUT2D eigenvalue weighted by molar-refractivity contribution is 5.80. The fourth-order valence-electron chi connectivity index (χ4n) is 3.11. The van der Waals surface area contributed by atoms with Crippen molar-refractivity contribution in [2.75, 3.05) is 26.2 Å². The number of aliphatic imine (C=N–C) groups is 1. The summed E-state index contributed by atoms with van der Waals surface area (Å²) in [6.45, 7) is 3.42. The summed E-state index contributed by atoms with van der Waals surface area (Å²) in [6, 6.07) is 0. The van der Waals surface area contributed by atoms with Gasteiger partial charge in [0.05, 0.1) is 6.61 Å². The van der Waals surface area contributed by atoms with E-state index in [0.29, 0.717) is 6.61 Å². The lowest BCUT2D eigenvalue weighted by molar-refractivity contribution is -0.175. The minimum atomic E-state index is -0.273. The molecule has 1 saturated carbocycles. The summed E-state index contributed by atoms with van der Waals surface area (Å²) in [5.41, 5.74) is 0. The normalized spacial score (nSPS) is 30.5. The van der Waals surface area contributed by atoms with Crippen LogP contribution in [-0.2, 0) is 9.47 Å². The molecule has 2 heterocycles. The Labute approximate surface area is 115 Å². The lowest BCUT2D eigenvalue weighted by Gasteiger charge is -2.26. The topological polar surface area (TPSA) is 54.9 Å². The largest absolute Gasteiger partial charge is 0.356 e. The lowest BCUT2D eigenvalue weighted by Crippen LogP contribution is -2.44. The van der Waals surface area contributed by atoms with Crippen LogP contribution < -0.4 is 10.6 Å². The third-order valence-corrected chi connectivity index (χ3v) is 4.17. The number of hydrogen-bond donors (Lipinski definition) is 2. The Morgan fingerprint density at radius 1 is 1.21 bits per heavy atom. The molecule has 1 aliphatic carbocycles. The predicted molar refractivity (Wildman–Crippen MR) is 74.2 cm³/mol. The summed E-state index contributed by atoms with van der Waals surface area (Å²) < 4.78 is 12.2. The van der Waals surface area contributed by atoms with Gasteiger partial charge in [-0.2, -0.15) is 0 Å². The fourth-order valence-corrected chi connectivity index (χ4v) is 3.11. The zero-order valence-corrected chi connectivity index (χ0v) is 11.6. The molecule has 108 valence electrons. The van der Waals surface area contributed by atoms with Crippen LogP contribution in [0.5, 0.6) is 0 Å².